The van der Waals surface area contributed by atoms with E-state index in [1.807, 2.05) is 20.8 Å². The lowest BCUT2D eigenvalue weighted by molar-refractivity contribution is -0.222. The van der Waals surface area contributed by atoms with E-state index in [1.165, 1.54) is 20.8 Å². The van der Waals surface area contributed by atoms with Crippen molar-refractivity contribution in [1.29, 1.82) is 0 Å². The van der Waals surface area contributed by atoms with Gasteiger partial charge in [-0.05, 0) is 66.4 Å². The van der Waals surface area contributed by atoms with Crippen molar-refractivity contribution in [2.24, 2.45) is 28.6 Å². The molecule has 0 spiro atoms. The summed E-state index contributed by atoms with van der Waals surface area (Å²) in [4.78, 5) is 66.3. The number of carbonyl (C=O) groups excluding carboxylic acids is 5. The number of ether oxygens (including phenoxy) is 4. The summed E-state index contributed by atoms with van der Waals surface area (Å²) in [7, 11) is 0. The lowest BCUT2D eigenvalue weighted by Crippen LogP contribution is -2.71. The highest BCUT2D eigenvalue weighted by Gasteiger charge is 2.66. The van der Waals surface area contributed by atoms with Crippen LogP contribution < -0.4 is 10.6 Å². The Hall–Kier alpha value is -4.55. The van der Waals surface area contributed by atoms with E-state index in [0.29, 0.717) is 35.2 Å². The maximum Gasteiger partial charge on any atom is 0.338 e. The number of benzene rings is 2. The summed E-state index contributed by atoms with van der Waals surface area (Å²) >= 11 is 0. The molecule has 54 heavy (non-hydrogen) atoms. The lowest BCUT2D eigenvalue weighted by Gasteiger charge is -2.64. The van der Waals surface area contributed by atoms with Gasteiger partial charge in [-0.1, -0.05) is 69.3 Å². The Morgan fingerprint density at radius 3 is 2.04 bits per heavy atom. The number of carbonyl (C=O) groups is 5. The van der Waals surface area contributed by atoms with Crippen molar-refractivity contribution in [1.82, 2.24) is 10.6 Å². The Morgan fingerprint density at radius 1 is 0.852 bits per heavy atom. The highest BCUT2D eigenvalue weighted by atomic mass is 16.6. The monoisotopic (exact) mass is 744 g/mol. The zero-order valence-electron chi connectivity index (χ0n) is 32.0. The predicted molar refractivity (Wildman–Crippen MR) is 196 cm³/mol. The zero-order chi connectivity index (χ0) is 39.1. The topological polar surface area (TPSA) is 167 Å². The standard InChI is InChI=1S/C42H52N2O10/c1-22-31(54-40(50)35(48)34(26-14-10-8-11-15-26)44-39(49)27-16-12-9-13-17-27)20-29-36(51-23(2)45)33-28-21-43-30(28)18-19-42(33,7)38(53-25(4)47)37(52-24(3)46)32(22)41(29,5)6/h8-17,28-31,33-38,43,48H,18-21H2,1-7H3,(H,44,49)/t28-,29+,30-,31+,33+,34+,35-,36-,37-,38+,42-/m1/s1. The number of aliphatic hydroxyl groups is 1. The van der Waals surface area contributed by atoms with Gasteiger partial charge in [0.15, 0.2) is 12.2 Å². The summed E-state index contributed by atoms with van der Waals surface area (Å²) in [6.07, 6.45) is -3.83. The number of amides is 1. The minimum atomic E-state index is -1.82. The van der Waals surface area contributed by atoms with Gasteiger partial charge in [-0.15, -0.1) is 0 Å². The molecule has 0 aromatic heterocycles. The van der Waals surface area contributed by atoms with E-state index >= 15 is 0 Å². The second kappa shape index (κ2) is 15.3. The van der Waals surface area contributed by atoms with E-state index in [9.17, 15) is 29.1 Å². The van der Waals surface area contributed by atoms with Gasteiger partial charge in [0.25, 0.3) is 5.91 Å². The number of fused-ring (bicyclic) bond motifs is 5. The third kappa shape index (κ3) is 7.30. The Bertz CT molecular complexity index is 1790. The molecule has 1 aliphatic heterocycles. The minimum Gasteiger partial charge on any atom is -0.462 e. The first-order chi connectivity index (χ1) is 25.5. The second-order valence-electron chi connectivity index (χ2n) is 16.1. The summed E-state index contributed by atoms with van der Waals surface area (Å²) in [5.74, 6) is -3.75. The SMILES string of the molecule is CC(=O)O[C@H]1[C@@H]2[C@@H]3CN[C@@H]3CC[C@@]2(C)[C@@H](OC(C)=O)[C@H](OC(C)=O)C2=C(C)[C@@H](OC(=O)[C@H](O)[C@@H](NC(=O)c3ccccc3)c3ccccc3)C[C@@H]1C2(C)C. The van der Waals surface area contributed by atoms with Gasteiger partial charge in [-0.2, -0.15) is 0 Å². The van der Waals surface area contributed by atoms with Crippen molar-refractivity contribution in [3.05, 3.63) is 82.9 Å². The molecule has 3 N–H and O–H groups in total. The van der Waals surface area contributed by atoms with Crippen molar-refractivity contribution >= 4 is 29.8 Å². The van der Waals surface area contributed by atoms with E-state index in [1.54, 1.807) is 67.6 Å². The van der Waals surface area contributed by atoms with Gasteiger partial charge in [0.1, 0.15) is 18.3 Å². The van der Waals surface area contributed by atoms with Crippen molar-refractivity contribution in [3.8, 4) is 0 Å². The van der Waals surface area contributed by atoms with Crippen LogP contribution in [0.4, 0.5) is 0 Å². The van der Waals surface area contributed by atoms with Crippen molar-refractivity contribution in [2.75, 3.05) is 6.54 Å². The molecule has 3 fully saturated rings. The Labute approximate surface area is 316 Å². The van der Waals surface area contributed by atoms with E-state index in [0.717, 1.165) is 6.42 Å². The predicted octanol–water partition coefficient (Wildman–Crippen LogP) is 4.61. The summed E-state index contributed by atoms with van der Waals surface area (Å²) in [6.45, 7) is 12.5. The largest absolute Gasteiger partial charge is 0.462 e. The second-order valence-corrected chi connectivity index (χ2v) is 16.1. The molecule has 2 bridgehead atoms. The smallest absolute Gasteiger partial charge is 0.338 e. The number of hydrogen-bond acceptors (Lipinski definition) is 11. The fraction of sp³-hybridized carbons (Fsp3) is 0.548. The number of esters is 4. The van der Waals surface area contributed by atoms with Crippen LogP contribution in [0.3, 0.4) is 0 Å². The molecule has 6 rings (SSSR count). The van der Waals surface area contributed by atoms with Crippen LogP contribution in [0.15, 0.2) is 71.8 Å². The number of rotatable bonds is 9. The number of hydrogen-bond donors (Lipinski definition) is 3. The summed E-state index contributed by atoms with van der Waals surface area (Å²) in [5, 5.41) is 18.0. The molecule has 1 amide bonds. The first kappa shape index (κ1) is 39.2. The summed E-state index contributed by atoms with van der Waals surface area (Å²) in [6, 6.07) is 16.2. The highest BCUT2D eigenvalue weighted by Crippen LogP contribution is 2.62. The van der Waals surface area contributed by atoms with E-state index in [4.69, 9.17) is 18.9 Å². The maximum atomic E-state index is 14.1. The first-order valence-corrected chi connectivity index (χ1v) is 18.8. The average Bonchev–Trinajstić information content (AvgIpc) is 3.10. The van der Waals surface area contributed by atoms with Crippen LogP contribution in [0.1, 0.15) is 89.7 Å². The Morgan fingerprint density at radius 2 is 1.46 bits per heavy atom. The van der Waals surface area contributed by atoms with Crippen molar-refractivity contribution in [2.45, 2.75) is 110 Å². The van der Waals surface area contributed by atoms with Crippen LogP contribution in [-0.4, -0.2) is 78.0 Å². The van der Waals surface area contributed by atoms with Crippen LogP contribution >= 0.6 is 0 Å². The number of nitrogens with one attached hydrogen (secondary N) is 2. The molecule has 290 valence electrons. The molecule has 1 heterocycles. The van der Waals surface area contributed by atoms with E-state index in [-0.39, 0.29) is 24.3 Å². The van der Waals surface area contributed by atoms with Gasteiger partial charge in [-0.25, -0.2) is 4.79 Å². The molecule has 2 aromatic rings. The fourth-order valence-corrected chi connectivity index (χ4v) is 9.98. The molecule has 11 atom stereocenters. The maximum absolute atomic E-state index is 14.1. The van der Waals surface area contributed by atoms with Gasteiger partial charge in [-0.3, -0.25) is 19.2 Å². The molecule has 12 nitrogen and oxygen atoms in total. The summed E-state index contributed by atoms with van der Waals surface area (Å²) < 4.78 is 25.0. The molecule has 12 heteroatoms. The molecule has 1 saturated heterocycles. The lowest BCUT2D eigenvalue weighted by atomic mass is 9.47. The zero-order valence-corrected chi connectivity index (χ0v) is 32.0. The van der Waals surface area contributed by atoms with E-state index in [2.05, 4.69) is 10.6 Å². The normalized spacial score (nSPS) is 32.1. The van der Waals surface area contributed by atoms with Gasteiger partial charge < -0.3 is 34.7 Å². The van der Waals surface area contributed by atoms with Gasteiger partial charge in [0.2, 0.25) is 0 Å². The Kier molecular flexibility index (Phi) is 11.1. The molecule has 0 radical (unpaired) electrons. The molecule has 2 aromatic carbocycles. The molecule has 3 aliphatic carbocycles. The minimum absolute atomic E-state index is 0.0659. The fourth-order valence-electron chi connectivity index (χ4n) is 9.98. The quantitative estimate of drug-likeness (QED) is 0.187. The molecular weight excluding hydrogens is 692 g/mol. The van der Waals surface area contributed by atoms with Crippen molar-refractivity contribution < 1.29 is 48.0 Å². The van der Waals surface area contributed by atoms with Gasteiger partial charge >= 0.3 is 23.9 Å². The van der Waals surface area contributed by atoms with E-state index < -0.39 is 83.1 Å². The van der Waals surface area contributed by atoms with Crippen LogP contribution in [0.2, 0.25) is 0 Å². The molecule has 0 unspecified atom stereocenters. The number of aliphatic hydroxyl groups excluding tert-OH is 1. The third-order valence-electron chi connectivity index (χ3n) is 12.5. The molecular formula is C42H52N2O10. The highest BCUT2D eigenvalue weighted by molar-refractivity contribution is 5.95. The third-order valence-corrected chi connectivity index (χ3v) is 12.5. The van der Waals surface area contributed by atoms with Crippen molar-refractivity contribution in [3.63, 3.8) is 0 Å². The first-order valence-electron chi connectivity index (χ1n) is 18.8. The van der Waals surface area contributed by atoms with Crippen LogP contribution in [0.25, 0.3) is 0 Å². The average molecular weight is 745 g/mol. The van der Waals surface area contributed by atoms with Crippen LogP contribution in [0, 0.1) is 28.6 Å². The molecule has 2 saturated carbocycles. The molecule has 4 aliphatic rings. The van der Waals surface area contributed by atoms with Crippen LogP contribution in [0.5, 0.6) is 0 Å². The van der Waals surface area contributed by atoms with Gasteiger partial charge in [0, 0.05) is 56.2 Å². The summed E-state index contributed by atoms with van der Waals surface area (Å²) in [5.41, 5.74) is 0.442. The van der Waals surface area contributed by atoms with Crippen LogP contribution in [-0.2, 0) is 38.1 Å². The Balaban J connectivity index is 1.44. The van der Waals surface area contributed by atoms with Gasteiger partial charge in [0.05, 0.1) is 6.04 Å².